The predicted octanol–water partition coefficient (Wildman–Crippen LogP) is 6.13. The maximum atomic E-state index is 13.5. The van der Waals surface area contributed by atoms with Gasteiger partial charge >= 0.3 is 6.18 Å². The summed E-state index contributed by atoms with van der Waals surface area (Å²) in [6.45, 7) is 0. The largest absolute Gasteiger partial charge is 0.416 e. The molecule has 144 valence electrons. The fraction of sp³-hybridized carbons (Fsp3) is 0.0400. The molecular weight excluding hydrogens is 388 g/mol. The fourth-order valence-corrected chi connectivity index (χ4v) is 5.79. The highest BCUT2D eigenvalue weighted by molar-refractivity contribution is 7.80. The lowest BCUT2D eigenvalue weighted by Gasteiger charge is -2.23. The Labute approximate surface area is 169 Å². The molecule has 0 aromatic heterocycles. The van der Waals surface area contributed by atoms with Gasteiger partial charge in [-0.15, -0.1) is 0 Å². The molecule has 0 unspecified atom stereocenters. The Morgan fingerprint density at radius 2 is 1.03 bits per heavy atom. The van der Waals surface area contributed by atoms with E-state index in [0.29, 0.717) is 5.56 Å². The van der Waals surface area contributed by atoms with Gasteiger partial charge in [0, 0.05) is 0 Å². The minimum atomic E-state index is -4.38. The molecule has 4 heteroatoms. The van der Waals surface area contributed by atoms with Gasteiger partial charge in [0.15, 0.2) is 0 Å². The zero-order valence-corrected chi connectivity index (χ0v) is 16.4. The maximum absolute atomic E-state index is 13.5. The van der Waals surface area contributed by atoms with Crippen molar-refractivity contribution in [2.45, 2.75) is 6.18 Å². The van der Waals surface area contributed by atoms with Crippen LogP contribution in [0.15, 0.2) is 109 Å². The summed E-state index contributed by atoms with van der Waals surface area (Å²) in [5.41, 5.74) is 0.781. The van der Waals surface area contributed by atoms with Gasteiger partial charge in [-0.1, -0.05) is 97.1 Å². The Balaban J connectivity index is 1.98. The van der Waals surface area contributed by atoms with Crippen LogP contribution in [0, 0.1) is 0 Å². The molecule has 0 fully saturated rings. The van der Waals surface area contributed by atoms with Crippen molar-refractivity contribution < 1.29 is 13.2 Å². The molecule has 0 N–H and O–H groups in total. The Morgan fingerprint density at radius 1 is 0.552 bits per heavy atom. The van der Waals surface area contributed by atoms with E-state index < -0.39 is 19.7 Å². The van der Waals surface area contributed by atoms with E-state index >= 15 is 0 Å². The summed E-state index contributed by atoms with van der Waals surface area (Å²) in [5.74, 6) is 0. The minimum Gasteiger partial charge on any atom is -0.166 e. The van der Waals surface area contributed by atoms with E-state index in [1.54, 1.807) is 6.07 Å². The number of halogens is 3. The third-order valence-corrected chi connectivity index (χ3v) is 7.18. The van der Waals surface area contributed by atoms with Gasteiger partial charge < -0.3 is 0 Å². The van der Waals surface area contributed by atoms with Crippen molar-refractivity contribution in [3.05, 3.63) is 115 Å². The van der Waals surface area contributed by atoms with Gasteiger partial charge in [-0.3, -0.25) is 0 Å². The molecule has 0 amide bonds. The molecule has 0 radical (unpaired) electrons. The first-order chi connectivity index (χ1) is 14.0. The van der Waals surface area contributed by atoms with Crippen LogP contribution in [0.2, 0.25) is 0 Å². The molecule has 29 heavy (non-hydrogen) atoms. The second-order valence-corrected chi connectivity index (χ2v) is 8.79. The number of hydrogen-bond acceptors (Lipinski definition) is 0. The minimum absolute atomic E-state index is 0.624. The predicted molar refractivity (Wildman–Crippen MR) is 116 cm³/mol. The van der Waals surface area contributed by atoms with E-state index in [0.717, 1.165) is 21.5 Å². The van der Waals surface area contributed by atoms with Crippen molar-refractivity contribution in [1.82, 2.24) is 0 Å². The normalized spacial score (nSPS) is 11.6. The summed E-state index contributed by atoms with van der Waals surface area (Å²) < 4.78 is 40.4. The van der Waals surface area contributed by atoms with Crippen LogP contribution < -0.4 is 15.9 Å². The van der Waals surface area contributed by atoms with Crippen molar-refractivity contribution in [2.24, 2.45) is 0 Å². The van der Waals surface area contributed by atoms with E-state index in [1.807, 2.05) is 91.0 Å². The average molecular weight is 406 g/mol. The smallest absolute Gasteiger partial charge is 0.166 e. The number of hydrogen-bond donors (Lipinski definition) is 0. The summed E-state index contributed by atoms with van der Waals surface area (Å²) in [5, 5.41) is 3.12. The van der Waals surface area contributed by atoms with Gasteiger partial charge in [0.25, 0.3) is 0 Å². The van der Waals surface area contributed by atoms with Gasteiger partial charge in [0.05, 0.1) is 5.56 Å². The summed E-state index contributed by atoms with van der Waals surface area (Å²) in [7, 11) is -1.01. The van der Waals surface area contributed by atoms with Gasteiger partial charge in [-0.2, -0.15) is 13.2 Å². The van der Waals surface area contributed by atoms with Gasteiger partial charge in [0.1, 0.15) is 0 Å². The first kappa shape index (κ1) is 19.4. The Kier molecular flexibility index (Phi) is 5.51. The highest BCUT2D eigenvalue weighted by atomic mass is 31.1. The molecule has 4 aromatic carbocycles. The van der Waals surface area contributed by atoms with Gasteiger partial charge in [-0.25, -0.2) is 0 Å². The third kappa shape index (κ3) is 4.26. The standard InChI is InChI=1S/C25H18F3P/c26-25(27,28)20-16-17-24(23(18-20)19-10-4-1-5-11-19)29(21-12-6-2-7-13-21)22-14-8-3-9-15-22/h1-18H. The summed E-state index contributed by atoms with van der Waals surface area (Å²) in [6.07, 6.45) is -4.38. The number of alkyl halides is 3. The molecule has 4 rings (SSSR count). The van der Waals surface area contributed by atoms with Crippen LogP contribution in [0.5, 0.6) is 0 Å². The fourth-order valence-electron chi connectivity index (χ4n) is 3.34. The van der Waals surface area contributed by atoms with Crippen LogP contribution in [0.4, 0.5) is 13.2 Å². The Hall–Kier alpha value is -2.90. The van der Waals surface area contributed by atoms with E-state index in [2.05, 4.69) is 0 Å². The molecule has 0 bridgehead atoms. The molecule has 0 nitrogen and oxygen atoms in total. The van der Waals surface area contributed by atoms with Crippen molar-refractivity contribution >= 4 is 23.8 Å². The van der Waals surface area contributed by atoms with Crippen LogP contribution in [-0.4, -0.2) is 0 Å². The summed E-state index contributed by atoms with van der Waals surface area (Å²) >= 11 is 0. The van der Waals surface area contributed by atoms with E-state index in [1.165, 1.54) is 12.1 Å². The van der Waals surface area contributed by atoms with Crippen LogP contribution in [0.25, 0.3) is 11.1 Å². The zero-order chi connectivity index (χ0) is 20.3. The Morgan fingerprint density at radius 3 is 1.52 bits per heavy atom. The first-order valence-electron chi connectivity index (χ1n) is 9.21. The highest BCUT2D eigenvalue weighted by Gasteiger charge is 2.32. The third-order valence-electron chi connectivity index (χ3n) is 4.68. The average Bonchev–Trinajstić information content (AvgIpc) is 2.75. The topological polar surface area (TPSA) is 0 Å². The van der Waals surface area contributed by atoms with Crippen LogP contribution in [0.3, 0.4) is 0 Å². The Bertz CT molecular complexity index is 1040. The number of rotatable bonds is 4. The van der Waals surface area contributed by atoms with Crippen molar-refractivity contribution in [2.75, 3.05) is 0 Å². The van der Waals surface area contributed by atoms with E-state index in [4.69, 9.17) is 0 Å². The summed E-state index contributed by atoms with van der Waals surface area (Å²) in [6, 6.07) is 33.4. The van der Waals surface area contributed by atoms with Crippen LogP contribution >= 0.6 is 7.92 Å². The second-order valence-electron chi connectivity index (χ2n) is 6.60. The summed E-state index contributed by atoms with van der Waals surface area (Å²) in [4.78, 5) is 0. The highest BCUT2D eigenvalue weighted by Crippen LogP contribution is 2.39. The maximum Gasteiger partial charge on any atom is 0.416 e. The molecule has 0 aliphatic heterocycles. The molecule has 0 aliphatic carbocycles. The van der Waals surface area contributed by atoms with Gasteiger partial charge in [-0.05, 0) is 47.1 Å². The quantitative estimate of drug-likeness (QED) is 0.358. The van der Waals surface area contributed by atoms with Crippen molar-refractivity contribution in [3.8, 4) is 11.1 Å². The lowest BCUT2D eigenvalue weighted by molar-refractivity contribution is -0.137. The zero-order valence-electron chi connectivity index (χ0n) is 15.5. The molecule has 0 atom stereocenters. The molecule has 0 aliphatic rings. The molecule has 0 spiro atoms. The van der Waals surface area contributed by atoms with E-state index in [9.17, 15) is 13.2 Å². The molecule has 0 saturated carbocycles. The first-order valence-corrected chi connectivity index (χ1v) is 10.5. The van der Waals surface area contributed by atoms with Crippen molar-refractivity contribution in [1.29, 1.82) is 0 Å². The van der Waals surface area contributed by atoms with Crippen molar-refractivity contribution in [3.63, 3.8) is 0 Å². The molecule has 0 heterocycles. The monoisotopic (exact) mass is 406 g/mol. The second kappa shape index (κ2) is 8.23. The SMILES string of the molecule is FC(F)(F)c1ccc(P(c2ccccc2)c2ccccc2)c(-c2ccccc2)c1. The lowest BCUT2D eigenvalue weighted by Crippen LogP contribution is -2.23. The van der Waals surface area contributed by atoms with E-state index in [-0.39, 0.29) is 0 Å². The molecular formula is C25H18F3P. The molecule has 4 aromatic rings. The van der Waals surface area contributed by atoms with Gasteiger partial charge in [0.2, 0.25) is 0 Å². The lowest BCUT2D eigenvalue weighted by atomic mass is 10.0. The molecule has 0 saturated heterocycles. The number of benzene rings is 4. The van der Waals surface area contributed by atoms with Crippen LogP contribution in [-0.2, 0) is 6.18 Å². The van der Waals surface area contributed by atoms with Crippen LogP contribution in [0.1, 0.15) is 5.56 Å².